The van der Waals surface area contributed by atoms with E-state index in [9.17, 15) is 9.59 Å². The predicted molar refractivity (Wildman–Crippen MR) is 105 cm³/mol. The lowest BCUT2D eigenvalue weighted by Gasteiger charge is -2.30. The number of nitrogens with two attached hydrogens (primary N) is 1. The Kier molecular flexibility index (Phi) is 5.79. The molecule has 3 rings (SSSR count). The average Bonchev–Trinajstić information content (AvgIpc) is 3.20. The van der Waals surface area contributed by atoms with Crippen molar-refractivity contribution >= 4 is 17.6 Å². The second-order valence-corrected chi connectivity index (χ2v) is 7.15. The molecule has 2 aromatic rings. The first-order chi connectivity index (χ1) is 13.0. The number of carbonyl (C=O) groups is 2. The summed E-state index contributed by atoms with van der Waals surface area (Å²) < 4.78 is 4.93. The molecule has 5 nitrogen and oxygen atoms in total. The zero-order chi connectivity index (χ0) is 19.3. The van der Waals surface area contributed by atoms with Crippen molar-refractivity contribution in [2.24, 2.45) is 0 Å². The van der Waals surface area contributed by atoms with Crippen LogP contribution in [-0.4, -0.2) is 25.0 Å². The Morgan fingerprint density at radius 3 is 2.30 bits per heavy atom. The molecule has 1 saturated carbocycles. The molecule has 0 aromatic heterocycles. The third kappa shape index (κ3) is 4.13. The number of anilines is 1. The quantitative estimate of drug-likeness (QED) is 0.608. The molecule has 0 aliphatic heterocycles. The Morgan fingerprint density at radius 2 is 1.70 bits per heavy atom. The summed E-state index contributed by atoms with van der Waals surface area (Å²) in [4.78, 5) is 25.6. The van der Waals surface area contributed by atoms with Crippen molar-refractivity contribution < 1.29 is 14.3 Å². The van der Waals surface area contributed by atoms with Crippen LogP contribution in [0, 0.1) is 0 Å². The van der Waals surface area contributed by atoms with Crippen molar-refractivity contribution in [3.05, 3.63) is 65.7 Å². The molecule has 142 valence electrons. The number of hydrogen-bond donors (Lipinski definition) is 2. The van der Waals surface area contributed by atoms with Crippen LogP contribution < -0.4 is 11.1 Å². The number of rotatable bonds is 6. The molecular weight excluding hydrogens is 340 g/mol. The van der Waals surface area contributed by atoms with E-state index >= 15 is 0 Å². The highest BCUT2D eigenvalue weighted by Crippen LogP contribution is 2.41. The molecule has 0 radical (unpaired) electrons. The largest absolute Gasteiger partial charge is 0.467 e. The number of nitrogens with one attached hydrogen (secondary N) is 1. The van der Waals surface area contributed by atoms with Crippen LogP contribution in [0.3, 0.4) is 0 Å². The Balaban J connectivity index is 1.82. The van der Waals surface area contributed by atoms with E-state index in [-0.39, 0.29) is 5.91 Å². The summed E-state index contributed by atoms with van der Waals surface area (Å²) in [5.41, 5.74) is 7.74. The maximum absolute atomic E-state index is 13.3. The highest BCUT2D eigenvalue weighted by molar-refractivity contribution is 5.92. The fourth-order valence-electron chi connectivity index (χ4n) is 3.90. The number of hydrogen-bond acceptors (Lipinski definition) is 4. The van der Waals surface area contributed by atoms with Gasteiger partial charge in [0.05, 0.1) is 12.5 Å². The SMILES string of the molecule is COC(=O)C(Cc1ccc(N)cc1)NC(=O)C1(c2ccccc2)CCCC1. The Hall–Kier alpha value is -2.82. The maximum atomic E-state index is 13.3. The van der Waals surface area contributed by atoms with Crippen molar-refractivity contribution in [1.82, 2.24) is 5.32 Å². The van der Waals surface area contributed by atoms with E-state index in [1.807, 2.05) is 42.5 Å². The number of ether oxygens (including phenoxy) is 1. The summed E-state index contributed by atoms with van der Waals surface area (Å²) in [6.07, 6.45) is 3.95. The number of carbonyl (C=O) groups excluding carboxylic acids is 2. The molecule has 1 aliphatic carbocycles. The molecule has 1 aliphatic rings. The van der Waals surface area contributed by atoms with Gasteiger partial charge in [-0.3, -0.25) is 4.79 Å². The summed E-state index contributed by atoms with van der Waals surface area (Å²) in [5, 5.41) is 2.97. The summed E-state index contributed by atoms with van der Waals surface area (Å²) in [6, 6.07) is 16.4. The van der Waals surface area contributed by atoms with Gasteiger partial charge in [0.2, 0.25) is 5.91 Å². The van der Waals surface area contributed by atoms with E-state index in [0.29, 0.717) is 12.1 Å². The monoisotopic (exact) mass is 366 g/mol. The number of esters is 1. The predicted octanol–water partition coefficient (Wildman–Crippen LogP) is 2.98. The second-order valence-electron chi connectivity index (χ2n) is 7.15. The minimum absolute atomic E-state index is 0.1000. The Labute approximate surface area is 159 Å². The van der Waals surface area contributed by atoms with Crippen LogP contribution in [-0.2, 0) is 26.2 Å². The van der Waals surface area contributed by atoms with Gasteiger partial charge in [-0.05, 0) is 36.1 Å². The first-order valence-electron chi connectivity index (χ1n) is 9.34. The molecule has 1 fully saturated rings. The van der Waals surface area contributed by atoms with Gasteiger partial charge >= 0.3 is 5.97 Å². The van der Waals surface area contributed by atoms with Crippen molar-refractivity contribution in [3.8, 4) is 0 Å². The zero-order valence-electron chi connectivity index (χ0n) is 15.6. The van der Waals surface area contributed by atoms with Crippen molar-refractivity contribution in [2.75, 3.05) is 12.8 Å². The summed E-state index contributed by atoms with van der Waals surface area (Å²) >= 11 is 0. The molecule has 3 N–H and O–H groups in total. The molecule has 0 heterocycles. The average molecular weight is 366 g/mol. The maximum Gasteiger partial charge on any atom is 0.328 e. The van der Waals surface area contributed by atoms with Gasteiger partial charge in [0.1, 0.15) is 6.04 Å². The van der Waals surface area contributed by atoms with Gasteiger partial charge in [-0.25, -0.2) is 4.79 Å². The van der Waals surface area contributed by atoms with Gasteiger partial charge in [0.25, 0.3) is 0 Å². The number of nitrogen functional groups attached to an aromatic ring is 1. The third-order valence-electron chi connectivity index (χ3n) is 5.43. The van der Waals surface area contributed by atoms with Gasteiger partial charge in [0.15, 0.2) is 0 Å². The first kappa shape index (κ1) is 19.0. The van der Waals surface area contributed by atoms with Crippen LogP contribution in [0.25, 0.3) is 0 Å². The minimum Gasteiger partial charge on any atom is -0.467 e. The van der Waals surface area contributed by atoms with Crippen molar-refractivity contribution in [1.29, 1.82) is 0 Å². The van der Waals surface area contributed by atoms with E-state index in [1.54, 1.807) is 12.1 Å². The van der Waals surface area contributed by atoms with Crippen LogP contribution in [0.5, 0.6) is 0 Å². The molecule has 0 bridgehead atoms. The van der Waals surface area contributed by atoms with Gasteiger partial charge in [-0.2, -0.15) is 0 Å². The lowest BCUT2D eigenvalue weighted by atomic mass is 9.77. The van der Waals surface area contributed by atoms with Crippen LogP contribution in [0.1, 0.15) is 36.8 Å². The van der Waals surface area contributed by atoms with Crippen molar-refractivity contribution in [2.45, 2.75) is 43.6 Å². The van der Waals surface area contributed by atoms with Gasteiger partial charge < -0.3 is 15.8 Å². The van der Waals surface area contributed by atoms with E-state index in [4.69, 9.17) is 10.5 Å². The molecule has 0 spiro atoms. The standard InChI is InChI=1S/C22H26N2O3/c1-27-20(25)19(15-16-9-11-18(23)12-10-16)24-21(26)22(13-5-6-14-22)17-7-3-2-4-8-17/h2-4,7-12,19H,5-6,13-15,23H2,1H3,(H,24,26). The van der Waals surface area contributed by atoms with Crippen LogP contribution >= 0.6 is 0 Å². The summed E-state index contributed by atoms with van der Waals surface area (Å²) in [7, 11) is 1.34. The lowest BCUT2D eigenvalue weighted by molar-refractivity contribution is -0.145. The highest BCUT2D eigenvalue weighted by Gasteiger charge is 2.43. The zero-order valence-corrected chi connectivity index (χ0v) is 15.6. The highest BCUT2D eigenvalue weighted by atomic mass is 16.5. The Bertz CT molecular complexity index is 781. The molecule has 1 amide bonds. The van der Waals surface area contributed by atoms with Crippen LogP contribution in [0.2, 0.25) is 0 Å². The van der Waals surface area contributed by atoms with Gasteiger partial charge in [0, 0.05) is 12.1 Å². The normalized spacial score (nSPS) is 16.5. The molecular formula is C22H26N2O3. The molecule has 2 aromatic carbocycles. The number of methoxy groups -OCH3 is 1. The molecule has 1 unspecified atom stereocenters. The fourth-order valence-corrected chi connectivity index (χ4v) is 3.90. The second kappa shape index (κ2) is 8.25. The lowest BCUT2D eigenvalue weighted by Crippen LogP contribution is -2.50. The smallest absolute Gasteiger partial charge is 0.328 e. The number of amides is 1. The molecule has 1 atom stereocenters. The first-order valence-corrected chi connectivity index (χ1v) is 9.34. The molecule has 5 heteroatoms. The van der Waals surface area contributed by atoms with Crippen molar-refractivity contribution in [3.63, 3.8) is 0 Å². The van der Waals surface area contributed by atoms with E-state index in [0.717, 1.165) is 36.8 Å². The Morgan fingerprint density at radius 1 is 1.07 bits per heavy atom. The van der Waals surface area contributed by atoms with E-state index in [1.165, 1.54) is 7.11 Å². The van der Waals surface area contributed by atoms with Crippen LogP contribution in [0.15, 0.2) is 54.6 Å². The van der Waals surface area contributed by atoms with Crippen LogP contribution in [0.4, 0.5) is 5.69 Å². The topological polar surface area (TPSA) is 81.4 Å². The fraction of sp³-hybridized carbons (Fsp3) is 0.364. The molecule has 27 heavy (non-hydrogen) atoms. The van der Waals surface area contributed by atoms with E-state index < -0.39 is 17.4 Å². The molecule has 0 saturated heterocycles. The van der Waals surface area contributed by atoms with Gasteiger partial charge in [-0.1, -0.05) is 55.3 Å². The van der Waals surface area contributed by atoms with Gasteiger partial charge in [-0.15, -0.1) is 0 Å². The third-order valence-corrected chi connectivity index (χ3v) is 5.43. The van der Waals surface area contributed by atoms with E-state index in [2.05, 4.69) is 5.32 Å². The summed E-state index contributed by atoms with van der Waals surface area (Å²) in [5.74, 6) is -0.543. The minimum atomic E-state index is -0.729. The summed E-state index contributed by atoms with van der Waals surface area (Å²) in [6.45, 7) is 0. The number of benzene rings is 2.